The van der Waals surface area contributed by atoms with Crippen molar-refractivity contribution >= 4 is 29.3 Å². The molecule has 0 aliphatic carbocycles. The predicted molar refractivity (Wildman–Crippen MR) is 156 cm³/mol. The summed E-state index contributed by atoms with van der Waals surface area (Å²) in [6.07, 6.45) is 1.32. The number of nitrogens with one attached hydrogen (secondary N) is 1. The number of hydrogen-bond acceptors (Lipinski definition) is 5. The van der Waals surface area contributed by atoms with Gasteiger partial charge in [-0.2, -0.15) is 0 Å². The van der Waals surface area contributed by atoms with Crippen molar-refractivity contribution in [3.05, 3.63) is 29.3 Å². The van der Waals surface area contributed by atoms with Crippen LogP contribution in [-0.4, -0.2) is 64.9 Å². The third-order valence-corrected chi connectivity index (χ3v) is 7.96. The van der Waals surface area contributed by atoms with Crippen LogP contribution in [0.5, 0.6) is 0 Å². The molecule has 1 saturated heterocycles. The van der Waals surface area contributed by atoms with Gasteiger partial charge in [0.25, 0.3) is 0 Å². The highest BCUT2D eigenvalue weighted by atomic mass is 35.5. The molecule has 1 aromatic rings. The molecule has 0 spiro atoms. The van der Waals surface area contributed by atoms with Gasteiger partial charge in [-0.05, 0) is 77.3 Å². The molecule has 0 radical (unpaired) electrons. The highest BCUT2D eigenvalue weighted by Gasteiger charge is 2.41. The first-order valence-electron chi connectivity index (χ1n) is 14.0. The molecule has 1 aliphatic heterocycles. The molecule has 38 heavy (non-hydrogen) atoms. The smallest absolute Gasteiger partial charge is 0.408 e. The summed E-state index contributed by atoms with van der Waals surface area (Å²) in [5.41, 5.74) is -0.387. The molecule has 2 N–H and O–H groups in total. The maximum Gasteiger partial charge on any atom is 0.408 e. The lowest BCUT2D eigenvalue weighted by atomic mass is 9.81. The Hall–Kier alpha value is -1.83. The standard InChI is InChI=1S/C30H50ClN3O4/c1-10-21(4)15-22(20(2)3)16-26(35)24(32-28(37)38-29(5,6)7)17-33-18-27(36)34(19-30(33,8)9)25-14-12-11-13-23(25)31/h11-14,20-22,24,26,35H,10,15-19H2,1-9H3,(H,32,37)/t21-,22-,24-,26-/m0/s1. The van der Waals surface area contributed by atoms with Gasteiger partial charge in [0.2, 0.25) is 5.91 Å². The fourth-order valence-corrected chi connectivity index (χ4v) is 5.24. The summed E-state index contributed by atoms with van der Waals surface area (Å²) in [4.78, 5) is 29.9. The first-order chi connectivity index (χ1) is 17.5. The average molecular weight is 552 g/mol. The van der Waals surface area contributed by atoms with Crippen LogP contribution < -0.4 is 10.2 Å². The lowest BCUT2D eigenvalue weighted by Gasteiger charge is -2.48. The molecule has 1 heterocycles. The number of aliphatic hydroxyl groups excluding tert-OH is 1. The first kappa shape index (κ1) is 32.4. The second-order valence-corrected chi connectivity index (χ2v) is 13.3. The Kier molecular flexibility index (Phi) is 11.5. The van der Waals surface area contributed by atoms with Gasteiger partial charge in [0.1, 0.15) is 5.60 Å². The van der Waals surface area contributed by atoms with Gasteiger partial charge in [0, 0.05) is 18.6 Å². The highest BCUT2D eigenvalue weighted by Crippen LogP contribution is 2.32. The van der Waals surface area contributed by atoms with E-state index in [1.54, 1.807) is 11.0 Å². The highest BCUT2D eigenvalue weighted by molar-refractivity contribution is 6.33. The Bertz CT molecular complexity index is 930. The van der Waals surface area contributed by atoms with E-state index in [-0.39, 0.29) is 12.5 Å². The number of hydrogen-bond donors (Lipinski definition) is 2. The number of benzene rings is 1. The zero-order valence-electron chi connectivity index (χ0n) is 24.9. The molecule has 2 rings (SSSR count). The van der Waals surface area contributed by atoms with Crippen molar-refractivity contribution in [1.82, 2.24) is 10.2 Å². The Morgan fingerprint density at radius 3 is 2.37 bits per heavy atom. The van der Waals surface area contributed by atoms with Gasteiger partial charge in [-0.25, -0.2) is 4.79 Å². The van der Waals surface area contributed by atoms with Crippen molar-refractivity contribution in [1.29, 1.82) is 0 Å². The number of alkyl carbamates (subject to hydrolysis) is 1. The van der Waals surface area contributed by atoms with E-state index in [0.29, 0.717) is 48.0 Å². The second-order valence-electron chi connectivity index (χ2n) is 12.9. The number of ether oxygens (including phenoxy) is 1. The van der Waals surface area contributed by atoms with Crippen LogP contribution in [0.2, 0.25) is 5.02 Å². The minimum absolute atomic E-state index is 0.0697. The number of carbonyl (C=O) groups is 2. The van der Waals surface area contributed by atoms with Crippen LogP contribution in [-0.2, 0) is 9.53 Å². The van der Waals surface area contributed by atoms with Crippen LogP contribution >= 0.6 is 11.6 Å². The minimum Gasteiger partial charge on any atom is -0.444 e. The second kappa shape index (κ2) is 13.5. The van der Waals surface area contributed by atoms with E-state index < -0.39 is 29.4 Å². The van der Waals surface area contributed by atoms with Crippen molar-refractivity contribution < 1.29 is 19.4 Å². The van der Waals surface area contributed by atoms with Crippen LogP contribution in [0.3, 0.4) is 0 Å². The Balaban J connectivity index is 2.26. The monoisotopic (exact) mass is 551 g/mol. The molecule has 0 saturated carbocycles. The average Bonchev–Trinajstić information content (AvgIpc) is 2.79. The molecular formula is C30H50ClN3O4. The van der Waals surface area contributed by atoms with E-state index in [0.717, 1.165) is 12.8 Å². The van der Waals surface area contributed by atoms with E-state index in [4.69, 9.17) is 16.3 Å². The number of aliphatic hydroxyl groups is 1. The molecule has 8 heteroatoms. The van der Waals surface area contributed by atoms with Gasteiger partial charge in [-0.15, -0.1) is 0 Å². The Labute approximate surface area is 235 Å². The number of carbonyl (C=O) groups excluding carboxylic acids is 2. The number of rotatable bonds is 11. The van der Waals surface area contributed by atoms with Gasteiger partial charge >= 0.3 is 6.09 Å². The molecule has 0 unspecified atom stereocenters. The van der Waals surface area contributed by atoms with E-state index in [1.807, 2.05) is 43.9 Å². The fraction of sp³-hybridized carbons (Fsp3) is 0.733. The molecule has 0 bridgehead atoms. The van der Waals surface area contributed by atoms with Crippen LogP contribution in [0.25, 0.3) is 0 Å². The number of anilines is 1. The van der Waals surface area contributed by atoms with Crippen LogP contribution in [0.1, 0.15) is 81.6 Å². The quantitative estimate of drug-likeness (QED) is 0.346. The Morgan fingerprint density at radius 1 is 1.18 bits per heavy atom. The maximum absolute atomic E-state index is 13.3. The molecule has 1 aromatic carbocycles. The van der Waals surface area contributed by atoms with Crippen molar-refractivity contribution in [2.45, 2.75) is 105 Å². The normalized spacial score (nSPS) is 19.7. The van der Waals surface area contributed by atoms with E-state index >= 15 is 0 Å². The van der Waals surface area contributed by atoms with Gasteiger partial charge in [-0.1, -0.05) is 57.8 Å². The maximum atomic E-state index is 13.3. The number of nitrogens with zero attached hydrogens (tertiary/aromatic N) is 2. The van der Waals surface area contributed by atoms with Gasteiger partial charge < -0.3 is 20.1 Å². The van der Waals surface area contributed by atoms with Crippen molar-refractivity contribution in [3.8, 4) is 0 Å². The topological polar surface area (TPSA) is 82.1 Å². The largest absolute Gasteiger partial charge is 0.444 e. The number of halogens is 1. The zero-order valence-corrected chi connectivity index (χ0v) is 25.6. The zero-order chi connectivity index (χ0) is 28.8. The third kappa shape index (κ3) is 9.42. The lowest BCUT2D eigenvalue weighted by molar-refractivity contribution is -0.124. The van der Waals surface area contributed by atoms with Gasteiger partial charge in [0.15, 0.2) is 0 Å². The van der Waals surface area contributed by atoms with E-state index in [2.05, 4.69) is 46.9 Å². The SMILES string of the molecule is CC[C@H](C)C[C@@H](C[C@H](O)[C@H](CN1CC(=O)N(c2ccccc2Cl)CC1(C)C)NC(=O)OC(C)(C)C)C(C)C. The predicted octanol–water partition coefficient (Wildman–Crippen LogP) is 6.12. The number of piperazine rings is 1. The number of para-hydroxylation sites is 1. The summed E-state index contributed by atoms with van der Waals surface area (Å²) >= 11 is 6.41. The summed E-state index contributed by atoms with van der Waals surface area (Å²) in [7, 11) is 0. The van der Waals surface area contributed by atoms with E-state index in [9.17, 15) is 14.7 Å². The van der Waals surface area contributed by atoms with Crippen molar-refractivity contribution in [2.75, 3.05) is 24.5 Å². The van der Waals surface area contributed by atoms with Gasteiger partial charge in [0.05, 0.1) is 29.4 Å². The van der Waals surface area contributed by atoms with Crippen LogP contribution in [0.4, 0.5) is 10.5 Å². The summed E-state index contributed by atoms with van der Waals surface area (Å²) in [5, 5.41) is 15.0. The molecule has 2 amide bonds. The molecule has 1 aliphatic rings. The fourth-order valence-electron chi connectivity index (χ4n) is 5.00. The van der Waals surface area contributed by atoms with Crippen LogP contribution in [0.15, 0.2) is 24.3 Å². The summed E-state index contributed by atoms with van der Waals surface area (Å²) < 4.78 is 5.53. The summed E-state index contributed by atoms with van der Waals surface area (Å²) in [5.74, 6) is 1.20. The summed E-state index contributed by atoms with van der Waals surface area (Å²) in [6.45, 7) is 19.3. The summed E-state index contributed by atoms with van der Waals surface area (Å²) in [6, 6.07) is 6.76. The number of amides is 2. The molecule has 1 fully saturated rings. The first-order valence-corrected chi connectivity index (χ1v) is 14.4. The van der Waals surface area contributed by atoms with E-state index in [1.165, 1.54) is 0 Å². The van der Waals surface area contributed by atoms with Gasteiger partial charge in [-0.3, -0.25) is 9.69 Å². The Morgan fingerprint density at radius 2 is 1.82 bits per heavy atom. The molecule has 0 aromatic heterocycles. The van der Waals surface area contributed by atoms with Crippen molar-refractivity contribution in [2.24, 2.45) is 17.8 Å². The molecular weight excluding hydrogens is 502 g/mol. The van der Waals surface area contributed by atoms with Crippen molar-refractivity contribution in [3.63, 3.8) is 0 Å². The molecule has 216 valence electrons. The lowest BCUT2D eigenvalue weighted by Crippen LogP contribution is -2.65. The molecule has 7 nitrogen and oxygen atoms in total. The molecule has 4 atom stereocenters. The third-order valence-electron chi connectivity index (χ3n) is 7.64. The minimum atomic E-state index is -0.786. The van der Waals surface area contributed by atoms with Crippen LogP contribution in [0, 0.1) is 17.8 Å².